The van der Waals surface area contributed by atoms with Crippen molar-refractivity contribution in [1.82, 2.24) is 5.43 Å². The van der Waals surface area contributed by atoms with Crippen LogP contribution in [0.1, 0.15) is 12.5 Å². The monoisotopic (exact) mass is 525 g/mol. The Kier molecular flexibility index (Phi) is 8.80. The van der Waals surface area contributed by atoms with E-state index in [9.17, 15) is 35.1 Å². The molecular formula is C23H19N5O10. The van der Waals surface area contributed by atoms with Gasteiger partial charge < -0.3 is 14.2 Å². The third kappa shape index (κ3) is 6.97. The van der Waals surface area contributed by atoms with Gasteiger partial charge in [0.15, 0.2) is 23.9 Å². The zero-order valence-corrected chi connectivity index (χ0v) is 19.6. The Hall–Kier alpha value is -5.60. The Bertz CT molecular complexity index is 1410. The van der Waals surface area contributed by atoms with Gasteiger partial charge in [0.25, 0.3) is 11.6 Å². The zero-order chi connectivity index (χ0) is 27.7. The molecule has 0 atom stereocenters. The van der Waals surface area contributed by atoms with Crippen LogP contribution in [-0.2, 0) is 4.79 Å². The summed E-state index contributed by atoms with van der Waals surface area (Å²) in [5, 5.41) is 37.1. The number of carbonyl (C=O) groups is 1. The highest BCUT2D eigenvalue weighted by molar-refractivity contribution is 5.83. The molecule has 38 heavy (non-hydrogen) atoms. The fraction of sp³-hybridized carbons (Fsp3) is 0.130. The minimum atomic E-state index is -0.800. The summed E-state index contributed by atoms with van der Waals surface area (Å²) >= 11 is 0. The Morgan fingerprint density at radius 1 is 0.842 bits per heavy atom. The molecule has 0 unspecified atom stereocenters. The third-order valence-electron chi connectivity index (χ3n) is 4.66. The van der Waals surface area contributed by atoms with E-state index in [1.807, 2.05) is 0 Å². The molecule has 3 aromatic carbocycles. The first-order valence-corrected chi connectivity index (χ1v) is 10.7. The molecule has 0 aliphatic heterocycles. The average molecular weight is 525 g/mol. The van der Waals surface area contributed by atoms with Crippen LogP contribution in [-0.4, -0.2) is 40.1 Å². The third-order valence-corrected chi connectivity index (χ3v) is 4.66. The summed E-state index contributed by atoms with van der Waals surface area (Å²) in [4.78, 5) is 43.1. The quantitative estimate of drug-likeness (QED) is 0.204. The lowest BCUT2D eigenvalue weighted by Gasteiger charge is -2.12. The predicted molar refractivity (Wildman–Crippen MR) is 132 cm³/mol. The summed E-state index contributed by atoms with van der Waals surface area (Å²) in [6.45, 7) is 1.41. The second kappa shape index (κ2) is 12.4. The van der Waals surface area contributed by atoms with Crippen LogP contribution in [0.25, 0.3) is 0 Å². The van der Waals surface area contributed by atoms with Crippen LogP contribution < -0.4 is 19.6 Å². The Labute approximate surface area is 213 Å². The first-order chi connectivity index (χ1) is 18.2. The highest BCUT2D eigenvalue weighted by Gasteiger charge is 2.22. The summed E-state index contributed by atoms with van der Waals surface area (Å²) in [7, 11) is 0. The van der Waals surface area contributed by atoms with Gasteiger partial charge >= 0.3 is 11.4 Å². The van der Waals surface area contributed by atoms with Gasteiger partial charge in [-0.25, -0.2) is 5.43 Å². The van der Waals surface area contributed by atoms with Crippen LogP contribution in [0.5, 0.6) is 23.0 Å². The van der Waals surface area contributed by atoms with E-state index in [2.05, 4.69) is 10.5 Å². The van der Waals surface area contributed by atoms with Gasteiger partial charge in [-0.15, -0.1) is 0 Å². The van der Waals surface area contributed by atoms with Gasteiger partial charge in [-0.3, -0.25) is 35.1 Å². The highest BCUT2D eigenvalue weighted by atomic mass is 16.6. The van der Waals surface area contributed by atoms with Crippen molar-refractivity contribution < 1.29 is 33.8 Å². The second-order valence-electron chi connectivity index (χ2n) is 7.21. The first kappa shape index (κ1) is 27.0. The molecule has 15 nitrogen and oxygen atoms in total. The summed E-state index contributed by atoms with van der Waals surface area (Å²) in [5.74, 6) is -0.677. The highest BCUT2D eigenvalue weighted by Crippen LogP contribution is 2.38. The van der Waals surface area contributed by atoms with Crippen LogP contribution in [0.4, 0.5) is 17.1 Å². The lowest BCUT2D eigenvalue weighted by atomic mass is 10.2. The molecule has 1 N–H and O–H groups in total. The molecule has 15 heteroatoms. The number of para-hydroxylation sites is 2. The smallest absolute Gasteiger partial charge is 0.318 e. The number of benzene rings is 3. The Balaban J connectivity index is 1.69. The second-order valence-corrected chi connectivity index (χ2v) is 7.21. The number of hydrogen-bond donors (Lipinski definition) is 1. The number of hydrogen-bond acceptors (Lipinski definition) is 11. The van der Waals surface area contributed by atoms with E-state index >= 15 is 0 Å². The molecule has 0 heterocycles. The first-order valence-electron chi connectivity index (χ1n) is 10.7. The standard InChI is InChI=1S/C23H19N5O10/c1-2-36-22-11-15(13-24-25-23(29)14-37-19-6-4-3-5-17(19)27(32)33)7-9-21(22)38-20-10-8-16(26(30)31)12-18(20)28(34)35/h3-13H,2,14H2,1H3,(H,25,29)/b24-13-. The van der Waals surface area contributed by atoms with Gasteiger partial charge in [-0.05, 0) is 42.8 Å². The normalized spacial score (nSPS) is 10.6. The van der Waals surface area contributed by atoms with E-state index < -0.39 is 38.7 Å². The molecular weight excluding hydrogens is 506 g/mol. The maximum absolute atomic E-state index is 12.0. The molecule has 3 aromatic rings. The molecule has 0 spiro atoms. The van der Waals surface area contributed by atoms with Gasteiger partial charge in [-0.2, -0.15) is 5.10 Å². The number of nitrogens with one attached hydrogen (secondary N) is 1. The molecule has 0 fully saturated rings. The van der Waals surface area contributed by atoms with Gasteiger partial charge in [0.1, 0.15) is 0 Å². The summed E-state index contributed by atoms with van der Waals surface area (Å²) in [5.41, 5.74) is 1.34. The van der Waals surface area contributed by atoms with Gasteiger partial charge in [0.2, 0.25) is 5.75 Å². The number of hydrazone groups is 1. The summed E-state index contributed by atoms with van der Waals surface area (Å²) in [6.07, 6.45) is 1.28. The largest absolute Gasteiger partial charge is 0.490 e. The summed E-state index contributed by atoms with van der Waals surface area (Å²) < 4.78 is 16.3. The van der Waals surface area contributed by atoms with Crippen LogP contribution in [0, 0.1) is 30.3 Å². The molecule has 0 aliphatic carbocycles. The van der Waals surface area contributed by atoms with Crippen molar-refractivity contribution in [2.24, 2.45) is 5.10 Å². The molecule has 0 saturated carbocycles. The number of amides is 1. The molecule has 0 radical (unpaired) electrons. The number of nitrogens with zero attached hydrogens (tertiary/aromatic N) is 4. The van der Waals surface area contributed by atoms with E-state index in [-0.39, 0.29) is 35.3 Å². The van der Waals surface area contributed by atoms with Crippen LogP contribution in [0.2, 0.25) is 0 Å². The van der Waals surface area contributed by atoms with Gasteiger partial charge in [0.05, 0.1) is 33.7 Å². The molecule has 0 aromatic heterocycles. The van der Waals surface area contributed by atoms with E-state index in [1.165, 1.54) is 48.7 Å². The van der Waals surface area contributed by atoms with Crippen LogP contribution in [0.3, 0.4) is 0 Å². The molecule has 3 rings (SSSR count). The van der Waals surface area contributed by atoms with E-state index in [4.69, 9.17) is 14.2 Å². The van der Waals surface area contributed by atoms with Crippen molar-refractivity contribution in [3.8, 4) is 23.0 Å². The molecule has 196 valence electrons. The van der Waals surface area contributed by atoms with E-state index in [0.29, 0.717) is 5.56 Å². The van der Waals surface area contributed by atoms with Crippen molar-refractivity contribution in [3.05, 3.63) is 96.6 Å². The van der Waals surface area contributed by atoms with Crippen molar-refractivity contribution in [3.63, 3.8) is 0 Å². The number of nitro groups is 3. The van der Waals surface area contributed by atoms with Gasteiger partial charge in [0, 0.05) is 12.1 Å². The lowest BCUT2D eigenvalue weighted by Crippen LogP contribution is -2.24. The van der Waals surface area contributed by atoms with Crippen molar-refractivity contribution >= 4 is 29.2 Å². The minimum absolute atomic E-state index is 0.0677. The topological polar surface area (TPSA) is 199 Å². The van der Waals surface area contributed by atoms with E-state index in [0.717, 1.165) is 18.2 Å². The Morgan fingerprint density at radius 2 is 1.55 bits per heavy atom. The minimum Gasteiger partial charge on any atom is -0.490 e. The van der Waals surface area contributed by atoms with Crippen molar-refractivity contribution in [2.75, 3.05) is 13.2 Å². The average Bonchev–Trinajstić information content (AvgIpc) is 2.89. The predicted octanol–water partition coefficient (Wildman–Crippen LogP) is 4.13. The fourth-order valence-electron chi connectivity index (χ4n) is 3.01. The maximum Gasteiger partial charge on any atom is 0.318 e. The number of rotatable bonds is 12. The maximum atomic E-state index is 12.0. The zero-order valence-electron chi connectivity index (χ0n) is 19.6. The van der Waals surface area contributed by atoms with Crippen LogP contribution in [0.15, 0.2) is 65.8 Å². The lowest BCUT2D eigenvalue weighted by molar-refractivity contribution is -0.394. The number of non-ortho nitro benzene ring substituents is 1. The number of ether oxygens (including phenoxy) is 3. The van der Waals surface area contributed by atoms with Crippen LogP contribution >= 0.6 is 0 Å². The number of nitro benzene ring substituents is 3. The fourth-order valence-corrected chi connectivity index (χ4v) is 3.01. The Morgan fingerprint density at radius 3 is 2.24 bits per heavy atom. The molecule has 0 saturated heterocycles. The molecule has 1 amide bonds. The molecule has 0 bridgehead atoms. The molecule has 0 aliphatic rings. The van der Waals surface area contributed by atoms with E-state index in [1.54, 1.807) is 6.92 Å². The SMILES string of the molecule is CCOc1cc(/C=N\NC(=O)COc2ccccc2[N+](=O)[O-])ccc1Oc1ccc([N+](=O)[O-])cc1[N+](=O)[O-]. The van der Waals surface area contributed by atoms with Gasteiger partial charge in [-0.1, -0.05) is 12.1 Å². The number of carbonyl (C=O) groups excluding carboxylic acids is 1. The van der Waals surface area contributed by atoms with Crippen molar-refractivity contribution in [2.45, 2.75) is 6.92 Å². The van der Waals surface area contributed by atoms with Crippen molar-refractivity contribution in [1.29, 1.82) is 0 Å². The summed E-state index contributed by atoms with van der Waals surface area (Å²) in [6, 6.07) is 13.0.